The number of hydrogen-bond acceptors (Lipinski definition) is 3. The minimum Gasteiger partial charge on any atom is -0.384 e. The van der Waals surface area contributed by atoms with E-state index in [1.165, 1.54) is 12.3 Å². The molecule has 1 heterocycles. The first-order valence-electron chi connectivity index (χ1n) is 8.05. The first-order chi connectivity index (χ1) is 13.0. The Morgan fingerprint density at radius 3 is 2.59 bits per heavy atom. The quantitative estimate of drug-likeness (QED) is 0.594. The normalized spacial score (nSPS) is 12.7. The Labute approximate surface area is 160 Å². The Bertz CT molecular complexity index is 1010. The summed E-state index contributed by atoms with van der Waals surface area (Å²) in [6.07, 6.45) is 3.34. The Morgan fingerprint density at radius 1 is 1.11 bits per heavy atom. The summed E-state index contributed by atoms with van der Waals surface area (Å²) in [4.78, 5) is 3.97. The number of aliphatic hydroxyl groups excluding tert-OH is 1. The van der Waals surface area contributed by atoms with Crippen LogP contribution in [-0.2, 0) is 0 Å². The molecule has 1 atom stereocenters. The van der Waals surface area contributed by atoms with Gasteiger partial charge in [-0.1, -0.05) is 29.8 Å². The van der Waals surface area contributed by atoms with Crippen LogP contribution in [0.5, 0.6) is 0 Å². The molecule has 2 aromatic carbocycles. The molecule has 0 bridgehead atoms. The molecule has 3 aromatic rings. The third-order valence-corrected chi connectivity index (χ3v) is 4.19. The van der Waals surface area contributed by atoms with Crippen LogP contribution in [0.1, 0.15) is 22.8 Å². The lowest BCUT2D eigenvalue weighted by Crippen LogP contribution is -2.14. The minimum absolute atomic E-state index is 0.118. The summed E-state index contributed by atoms with van der Waals surface area (Å²) in [5.74, 6) is -1.62. The van der Waals surface area contributed by atoms with Gasteiger partial charge in [-0.15, -0.1) is 0 Å². The molecule has 3 rings (SSSR count). The average molecular weight is 385 g/mol. The first-order valence-corrected chi connectivity index (χ1v) is 8.43. The van der Waals surface area contributed by atoms with Gasteiger partial charge in [0.25, 0.3) is 0 Å². The zero-order chi connectivity index (χ0) is 19.4. The summed E-state index contributed by atoms with van der Waals surface area (Å²) in [6.45, 7) is 0. The highest BCUT2D eigenvalue weighted by Gasteiger charge is 2.21. The van der Waals surface area contributed by atoms with Crippen molar-refractivity contribution in [2.45, 2.75) is 6.10 Å². The molecular weight excluding hydrogens is 370 g/mol. The van der Waals surface area contributed by atoms with Gasteiger partial charge in [-0.3, -0.25) is 10.4 Å². The molecule has 0 spiro atoms. The monoisotopic (exact) mass is 384 g/mol. The fourth-order valence-corrected chi connectivity index (χ4v) is 2.83. The van der Waals surface area contributed by atoms with Crippen molar-refractivity contribution in [3.8, 4) is 0 Å². The smallest absolute Gasteiger partial charge is 0.135 e. The summed E-state index contributed by atoms with van der Waals surface area (Å²) < 4.78 is 27.4. The van der Waals surface area contributed by atoms with Crippen LogP contribution >= 0.6 is 11.6 Å². The summed E-state index contributed by atoms with van der Waals surface area (Å²) >= 11 is 6.01. The summed E-state index contributed by atoms with van der Waals surface area (Å²) in [5.41, 5.74) is 0.831. The van der Waals surface area contributed by atoms with Crippen LogP contribution in [0.4, 0.5) is 8.78 Å². The lowest BCUT2D eigenvalue weighted by molar-refractivity contribution is 0.222. The van der Waals surface area contributed by atoms with Gasteiger partial charge in [0, 0.05) is 40.2 Å². The third-order valence-electron chi connectivity index (χ3n) is 3.95. The maximum Gasteiger partial charge on any atom is 0.135 e. The van der Waals surface area contributed by atoms with E-state index in [9.17, 15) is 13.9 Å². The predicted octanol–water partition coefficient (Wildman–Crippen LogP) is 5.20. The zero-order valence-electron chi connectivity index (χ0n) is 14.0. The molecule has 0 amide bonds. The Morgan fingerprint density at radius 2 is 1.93 bits per heavy atom. The third kappa shape index (κ3) is 4.45. The predicted molar refractivity (Wildman–Crippen MR) is 102 cm³/mol. The molecule has 136 valence electrons. The van der Waals surface area contributed by atoms with E-state index in [2.05, 4.69) is 4.98 Å². The van der Waals surface area contributed by atoms with Gasteiger partial charge in [-0.2, -0.15) is 0 Å². The number of benzene rings is 2. The fourth-order valence-electron chi connectivity index (χ4n) is 2.63. The minimum atomic E-state index is -1.23. The Hall–Kier alpha value is -2.89. The summed E-state index contributed by atoms with van der Waals surface area (Å²) in [6, 6.07) is 13.1. The van der Waals surface area contributed by atoms with Crippen molar-refractivity contribution < 1.29 is 13.9 Å². The molecule has 0 saturated carbocycles. The van der Waals surface area contributed by atoms with Crippen molar-refractivity contribution in [3.63, 3.8) is 0 Å². The molecule has 2 N–H and O–H groups in total. The number of pyridine rings is 1. The van der Waals surface area contributed by atoms with Crippen LogP contribution in [-0.4, -0.2) is 15.8 Å². The van der Waals surface area contributed by atoms with Crippen LogP contribution in [0.2, 0.25) is 5.02 Å². The van der Waals surface area contributed by atoms with E-state index in [-0.39, 0.29) is 16.8 Å². The molecular formula is C21H15ClF2N2O. The fraction of sp³-hybridized carbons (Fsp3) is 0.0476. The van der Waals surface area contributed by atoms with Gasteiger partial charge in [0.15, 0.2) is 0 Å². The van der Waals surface area contributed by atoms with Crippen molar-refractivity contribution >= 4 is 23.4 Å². The summed E-state index contributed by atoms with van der Waals surface area (Å²) in [7, 11) is 0. The maximum atomic E-state index is 14.2. The second kappa shape index (κ2) is 8.20. The van der Waals surface area contributed by atoms with E-state index in [0.717, 1.165) is 6.07 Å². The molecule has 0 radical (unpaired) electrons. The van der Waals surface area contributed by atoms with E-state index in [0.29, 0.717) is 22.2 Å². The van der Waals surface area contributed by atoms with Crippen molar-refractivity contribution in [1.29, 1.82) is 5.41 Å². The number of nitrogens with one attached hydrogen (secondary N) is 1. The lowest BCUT2D eigenvalue weighted by Gasteiger charge is -2.17. The van der Waals surface area contributed by atoms with E-state index in [1.807, 2.05) is 0 Å². The number of halogens is 3. The molecule has 0 aliphatic heterocycles. The lowest BCUT2D eigenvalue weighted by atomic mass is 9.92. The van der Waals surface area contributed by atoms with Gasteiger partial charge in [0.05, 0.1) is 5.71 Å². The molecule has 0 aliphatic carbocycles. The summed E-state index contributed by atoms with van der Waals surface area (Å²) in [5, 5.41) is 19.7. The standard InChI is InChI=1S/C21H15ClF2N2O/c22-15-5-1-3-13(9-15)10-18(21(27)14-4-2-8-26-12-14)20(25)17-7-6-16(23)11-19(17)24/h1-12,21,25,27H. The largest absolute Gasteiger partial charge is 0.384 e. The highest BCUT2D eigenvalue weighted by atomic mass is 35.5. The van der Waals surface area contributed by atoms with Crippen molar-refractivity contribution in [2.75, 3.05) is 0 Å². The zero-order valence-corrected chi connectivity index (χ0v) is 14.8. The van der Waals surface area contributed by atoms with E-state index in [4.69, 9.17) is 17.0 Å². The van der Waals surface area contributed by atoms with Crippen molar-refractivity contribution in [3.05, 3.63) is 106 Å². The van der Waals surface area contributed by atoms with E-state index in [1.54, 1.807) is 48.7 Å². The van der Waals surface area contributed by atoms with Gasteiger partial charge in [-0.05, 0) is 42.0 Å². The first kappa shape index (κ1) is 18.9. The van der Waals surface area contributed by atoms with Gasteiger partial charge in [0.2, 0.25) is 0 Å². The Kier molecular flexibility index (Phi) is 5.74. The highest BCUT2D eigenvalue weighted by molar-refractivity contribution is 6.30. The molecule has 0 aliphatic rings. The number of rotatable bonds is 5. The van der Waals surface area contributed by atoms with Crippen LogP contribution in [0.3, 0.4) is 0 Å². The number of aliphatic hydroxyl groups is 1. The second-order valence-electron chi connectivity index (χ2n) is 5.84. The van der Waals surface area contributed by atoms with Crippen LogP contribution in [0.25, 0.3) is 6.08 Å². The van der Waals surface area contributed by atoms with Crippen molar-refractivity contribution in [2.24, 2.45) is 0 Å². The van der Waals surface area contributed by atoms with Crippen LogP contribution < -0.4 is 0 Å². The molecule has 0 fully saturated rings. The van der Waals surface area contributed by atoms with Crippen molar-refractivity contribution in [1.82, 2.24) is 4.98 Å². The molecule has 1 unspecified atom stereocenters. The SMILES string of the molecule is N=C(C(=Cc1cccc(Cl)c1)C(O)c1cccnc1)c1ccc(F)cc1F. The maximum absolute atomic E-state index is 14.2. The molecule has 3 nitrogen and oxygen atoms in total. The van der Waals surface area contributed by atoms with Gasteiger partial charge < -0.3 is 5.11 Å². The molecule has 1 aromatic heterocycles. The van der Waals surface area contributed by atoms with Gasteiger partial charge in [-0.25, -0.2) is 8.78 Å². The molecule has 6 heteroatoms. The topological polar surface area (TPSA) is 57.0 Å². The highest BCUT2D eigenvalue weighted by Crippen LogP contribution is 2.28. The number of nitrogens with zero attached hydrogens (tertiary/aromatic N) is 1. The second-order valence-corrected chi connectivity index (χ2v) is 6.28. The van der Waals surface area contributed by atoms with Crippen LogP contribution in [0, 0.1) is 17.0 Å². The molecule has 0 saturated heterocycles. The Balaban J connectivity index is 2.10. The van der Waals surface area contributed by atoms with Gasteiger partial charge >= 0.3 is 0 Å². The van der Waals surface area contributed by atoms with Gasteiger partial charge in [0.1, 0.15) is 17.7 Å². The van der Waals surface area contributed by atoms with Crippen LogP contribution in [0.15, 0.2) is 72.6 Å². The van der Waals surface area contributed by atoms with E-state index < -0.39 is 17.7 Å². The average Bonchev–Trinajstić information content (AvgIpc) is 2.66. The molecule has 27 heavy (non-hydrogen) atoms. The van der Waals surface area contributed by atoms with E-state index >= 15 is 0 Å². The number of aromatic nitrogens is 1. The number of hydrogen-bond donors (Lipinski definition) is 2.